The van der Waals surface area contributed by atoms with Crippen molar-refractivity contribution in [3.05, 3.63) is 11.6 Å². The summed E-state index contributed by atoms with van der Waals surface area (Å²) in [6.07, 6.45) is 9.93. The smallest absolute Gasteiger partial charge is 0.310 e. The summed E-state index contributed by atoms with van der Waals surface area (Å²) < 4.78 is 13.1. The monoisotopic (exact) mass is 528 g/mol. The summed E-state index contributed by atoms with van der Waals surface area (Å²) in [7, 11) is 0. The summed E-state index contributed by atoms with van der Waals surface area (Å²) in [4.78, 5) is 13.0. The number of carboxylic acids is 1. The lowest BCUT2D eigenvalue weighted by Gasteiger charge is -2.72. The number of fused-ring (bicyclic) bond motifs is 8. The van der Waals surface area contributed by atoms with Gasteiger partial charge in [0, 0.05) is 5.92 Å². The van der Waals surface area contributed by atoms with Crippen LogP contribution in [-0.4, -0.2) is 39.8 Å². The second-order valence-electron chi connectivity index (χ2n) is 16.5. The van der Waals surface area contributed by atoms with E-state index in [-0.39, 0.29) is 45.7 Å². The van der Waals surface area contributed by atoms with Gasteiger partial charge in [-0.3, -0.25) is 4.79 Å². The third-order valence-electron chi connectivity index (χ3n) is 14.2. The van der Waals surface area contributed by atoms with E-state index >= 15 is 0 Å². The van der Waals surface area contributed by atoms with Gasteiger partial charge in [0.2, 0.25) is 0 Å². The van der Waals surface area contributed by atoms with Crippen molar-refractivity contribution in [2.75, 3.05) is 0 Å². The van der Waals surface area contributed by atoms with Crippen LogP contribution in [0.2, 0.25) is 0 Å². The highest BCUT2D eigenvalue weighted by Crippen LogP contribution is 2.76. The minimum atomic E-state index is -1.02. The summed E-state index contributed by atoms with van der Waals surface area (Å²) in [6.45, 7) is 20.5. The van der Waals surface area contributed by atoms with E-state index < -0.39 is 22.8 Å². The number of rotatable bonds is 1. The van der Waals surface area contributed by atoms with Gasteiger partial charge in [-0.2, -0.15) is 0 Å². The van der Waals surface area contributed by atoms with Crippen molar-refractivity contribution in [3.63, 3.8) is 0 Å². The average Bonchev–Trinajstić information content (AvgIpc) is 3.11. The van der Waals surface area contributed by atoms with Crippen molar-refractivity contribution >= 4 is 5.97 Å². The Kier molecular flexibility index (Phi) is 5.51. The van der Waals surface area contributed by atoms with E-state index in [4.69, 9.17) is 9.47 Å². The van der Waals surface area contributed by atoms with Gasteiger partial charge in [0.05, 0.1) is 23.2 Å². The highest BCUT2D eigenvalue weighted by atomic mass is 16.8. The fourth-order valence-corrected chi connectivity index (χ4v) is 12.0. The van der Waals surface area contributed by atoms with Crippen LogP contribution in [0.4, 0.5) is 0 Å². The van der Waals surface area contributed by atoms with E-state index in [1.54, 1.807) is 0 Å². The predicted molar refractivity (Wildman–Crippen MR) is 147 cm³/mol. The first-order valence-corrected chi connectivity index (χ1v) is 15.4. The molecule has 4 saturated carbocycles. The Morgan fingerprint density at radius 2 is 1.61 bits per heavy atom. The zero-order chi connectivity index (χ0) is 27.9. The van der Waals surface area contributed by atoms with Crippen molar-refractivity contribution in [1.82, 2.24) is 0 Å². The molecule has 1 saturated heterocycles. The van der Waals surface area contributed by atoms with Crippen LogP contribution < -0.4 is 0 Å². The second kappa shape index (κ2) is 7.68. The molecule has 0 aromatic heterocycles. The van der Waals surface area contributed by atoms with Crippen LogP contribution in [-0.2, 0) is 14.3 Å². The number of hydrogen-bond acceptors (Lipinski definition) is 4. The molecule has 11 atom stereocenters. The number of hydrogen-bond donors (Lipinski definition) is 2. The van der Waals surface area contributed by atoms with E-state index in [1.807, 2.05) is 6.92 Å². The molecule has 5 nitrogen and oxygen atoms in total. The molecule has 2 N–H and O–H groups in total. The maximum Gasteiger partial charge on any atom is 0.310 e. The maximum absolute atomic E-state index is 13.0. The zero-order valence-corrected chi connectivity index (χ0v) is 25.3. The fraction of sp³-hybridized carbons (Fsp3) is 0.909. The van der Waals surface area contributed by atoms with Gasteiger partial charge in [-0.1, -0.05) is 53.2 Å². The molecule has 1 heterocycles. The molecular formula is C33H52O5. The summed E-state index contributed by atoms with van der Waals surface area (Å²) in [6, 6.07) is 0. The van der Waals surface area contributed by atoms with Crippen molar-refractivity contribution in [1.29, 1.82) is 0 Å². The number of carboxylic acid groups (broad SMARTS) is 1. The number of ether oxygens (including phenoxy) is 2. The van der Waals surface area contributed by atoms with Crippen LogP contribution in [0.3, 0.4) is 0 Å². The molecule has 1 aliphatic heterocycles. The topological polar surface area (TPSA) is 76.0 Å². The summed E-state index contributed by atoms with van der Waals surface area (Å²) in [5, 5.41) is 22.6. The zero-order valence-electron chi connectivity index (χ0n) is 25.3. The van der Waals surface area contributed by atoms with Gasteiger partial charge in [0.15, 0.2) is 5.79 Å². The average molecular weight is 529 g/mol. The van der Waals surface area contributed by atoms with Gasteiger partial charge >= 0.3 is 5.97 Å². The van der Waals surface area contributed by atoms with E-state index in [2.05, 4.69) is 61.5 Å². The normalized spacial score (nSPS) is 56.4. The molecule has 5 aliphatic carbocycles. The molecule has 0 radical (unpaired) electrons. The number of allylic oxidation sites excluding steroid dienone is 1. The minimum Gasteiger partial charge on any atom is -0.481 e. The van der Waals surface area contributed by atoms with E-state index in [1.165, 1.54) is 5.57 Å². The molecular weight excluding hydrogens is 476 g/mol. The van der Waals surface area contributed by atoms with Crippen LogP contribution in [0, 0.1) is 50.7 Å². The summed E-state index contributed by atoms with van der Waals surface area (Å²) in [5.41, 5.74) is -0.565. The number of carbonyl (C=O) groups is 1. The highest BCUT2D eigenvalue weighted by Gasteiger charge is 2.72. The van der Waals surface area contributed by atoms with Gasteiger partial charge in [-0.25, -0.2) is 0 Å². The molecule has 6 rings (SSSR count). The Bertz CT molecular complexity index is 1070. The van der Waals surface area contributed by atoms with Crippen LogP contribution in [0.25, 0.3) is 0 Å². The predicted octanol–water partition coefficient (Wildman–Crippen LogP) is 6.97. The van der Waals surface area contributed by atoms with Gasteiger partial charge in [-0.15, -0.1) is 0 Å². The van der Waals surface area contributed by atoms with Crippen LogP contribution in [0.5, 0.6) is 0 Å². The Balaban J connectivity index is 1.46. The molecule has 214 valence electrons. The Morgan fingerprint density at radius 1 is 0.921 bits per heavy atom. The number of aliphatic hydroxyl groups is 1. The molecule has 6 aliphatic rings. The molecule has 5 fully saturated rings. The third kappa shape index (κ3) is 3.08. The molecule has 0 bridgehead atoms. The van der Waals surface area contributed by atoms with Crippen molar-refractivity contribution in [3.8, 4) is 0 Å². The van der Waals surface area contributed by atoms with Crippen molar-refractivity contribution in [2.24, 2.45) is 50.7 Å². The first kappa shape index (κ1) is 27.3. The molecule has 0 spiro atoms. The second-order valence-corrected chi connectivity index (χ2v) is 16.5. The SMILES string of the molecule is CC1CCC2(C(=O)O)CCC3(C)C(=CCC4C5(C)CC6OC(C)(C)OC6C(C)(C)C5CCC43C)C2C1(C)O. The lowest BCUT2D eigenvalue weighted by molar-refractivity contribution is -0.222. The molecule has 11 unspecified atom stereocenters. The van der Waals surface area contributed by atoms with Crippen LogP contribution in [0.15, 0.2) is 11.6 Å². The van der Waals surface area contributed by atoms with Gasteiger partial charge in [-0.05, 0) is 112 Å². The molecule has 0 aromatic carbocycles. The first-order valence-electron chi connectivity index (χ1n) is 15.4. The Labute approximate surface area is 230 Å². The Hall–Kier alpha value is -0.910. The lowest BCUT2D eigenvalue weighted by Crippen LogP contribution is -2.68. The molecule has 38 heavy (non-hydrogen) atoms. The first-order chi connectivity index (χ1) is 17.4. The highest BCUT2D eigenvalue weighted by molar-refractivity contribution is 5.77. The van der Waals surface area contributed by atoms with Gasteiger partial charge < -0.3 is 19.7 Å². The number of aliphatic carboxylic acids is 1. The van der Waals surface area contributed by atoms with E-state index in [0.29, 0.717) is 24.7 Å². The van der Waals surface area contributed by atoms with Crippen LogP contribution in [0.1, 0.15) is 114 Å². The molecule has 0 amide bonds. The van der Waals surface area contributed by atoms with E-state index in [9.17, 15) is 15.0 Å². The molecule has 5 heteroatoms. The summed E-state index contributed by atoms with van der Waals surface area (Å²) >= 11 is 0. The van der Waals surface area contributed by atoms with Crippen molar-refractivity contribution in [2.45, 2.75) is 137 Å². The van der Waals surface area contributed by atoms with E-state index in [0.717, 1.165) is 38.5 Å². The maximum atomic E-state index is 13.0. The lowest BCUT2D eigenvalue weighted by atomic mass is 9.33. The quantitative estimate of drug-likeness (QED) is 0.359. The van der Waals surface area contributed by atoms with Gasteiger partial charge in [0.1, 0.15) is 0 Å². The fourth-order valence-electron chi connectivity index (χ4n) is 12.0. The Morgan fingerprint density at radius 3 is 2.26 bits per heavy atom. The third-order valence-corrected chi connectivity index (χ3v) is 14.2. The standard InChI is InChI=1S/C33H52O5/c1-19-12-15-33(26(34)35)17-16-30(7)20(24(33)32(19,9)36)10-11-23-29(6)18-21-25(38-28(4,5)37-21)27(2,3)22(29)13-14-31(23,30)8/h10,19,21-25,36H,11-18H2,1-9H3,(H,34,35). The van der Waals surface area contributed by atoms with Crippen LogP contribution >= 0.6 is 0 Å². The van der Waals surface area contributed by atoms with Gasteiger partial charge in [0.25, 0.3) is 0 Å². The van der Waals surface area contributed by atoms with Crippen molar-refractivity contribution < 1.29 is 24.5 Å². The summed E-state index contributed by atoms with van der Waals surface area (Å²) in [5.74, 6) is -0.457. The minimum absolute atomic E-state index is 0.0190. The molecule has 0 aromatic rings. The largest absolute Gasteiger partial charge is 0.481 e.